The number of benzene rings is 1. The van der Waals surface area contributed by atoms with Gasteiger partial charge in [-0.1, -0.05) is 19.1 Å². The van der Waals surface area contributed by atoms with E-state index in [4.69, 9.17) is 5.11 Å². The molecular weight excluding hydrogens is 244 g/mol. The molecule has 1 aromatic carbocycles. The molecule has 19 heavy (non-hydrogen) atoms. The van der Waals surface area contributed by atoms with Crippen LogP contribution in [-0.4, -0.2) is 23.7 Å². The second kappa shape index (κ2) is 5.30. The topological polar surface area (TPSA) is 78.4 Å². The van der Waals surface area contributed by atoms with E-state index in [0.29, 0.717) is 29.6 Å². The van der Waals surface area contributed by atoms with E-state index in [1.165, 1.54) is 0 Å². The summed E-state index contributed by atoms with van der Waals surface area (Å²) < 4.78 is 0. The number of hydrogen-bond donors (Lipinski definition) is 3. The maximum Gasteiger partial charge on any atom is 0.338 e. The molecule has 1 aromatic rings. The third-order valence-corrected chi connectivity index (χ3v) is 3.54. The third-order valence-electron chi connectivity index (χ3n) is 3.54. The number of nitrogens with one attached hydrogen (secondary N) is 2. The van der Waals surface area contributed by atoms with Crippen LogP contribution in [0.5, 0.6) is 0 Å². The Kier molecular flexibility index (Phi) is 3.74. The molecule has 1 aliphatic rings. The van der Waals surface area contributed by atoms with Crippen LogP contribution in [0.2, 0.25) is 0 Å². The molecule has 5 nitrogen and oxygen atoms in total. The largest absolute Gasteiger partial charge is 0.478 e. The molecule has 0 aliphatic heterocycles. The number of aromatic carboxylic acids is 1. The zero-order chi connectivity index (χ0) is 14.0. The number of rotatable bonds is 4. The molecule has 1 fully saturated rings. The number of carboxylic acids is 1. The summed E-state index contributed by atoms with van der Waals surface area (Å²) in [6, 6.07) is 4.67. The molecule has 2 atom stereocenters. The zero-order valence-corrected chi connectivity index (χ0v) is 11.1. The molecule has 5 heteroatoms. The van der Waals surface area contributed by atoms with Crippen molar-refractivity contribution in [3.05, 3.63) is 29.3 Å². The lowest BCUT2D eigenvalue weighted by molar-refractivity contribution is 0.0697. The Balaban J connectivity index is 2.00. The van der Waals surface area contributed by atoms with Crippen molar-refractivity contribution >= 4 is 17.7 Å². The number of amides is 2. The highest BCUT2D eigenvalue weighted by atomic mass is 16.4. The van der Waals surface area contributed by atoms with Crippen LogP contribution in [0.1, 0.15) is 29.3 Å². The summed E-state index contributed by atoms with van der Waals surface area (Å²) in [5, 5.41) is 14.5. The molecule has 0 spiro atoms. The molecular formula is C14H18N2O3. The Labute approximate surface area is 112 Å². The van der Waals surface area contributed by atoms with Gasteiger partial charge in [0.2, 0.25) is 0 Å². The highest BCUT2D eigenvalue weighted by molar-refractivity contribution is 6.01. The Morgan fingerprint density at radius 1 is 1.42 bits per heavy atom. The van der Waals surface area contributed by atoms with Gasteiger partial charge in [-0.3, -0.25) is 0 Å². The average Bonchev–Trinajstić information content (AvgIpc) is 3.02. The zero-order valence-electron chi connectivity index (χ0n) is 11.1. The standard InChI is InChI=1S/C14H18N2O3/c1-8-4-3-5-11(12(8)13(17)18)16-14(19)15-7-10-6-9(10)2/h3-5,9-10H,6-7H2,1-2H3,(H,17,18)(H2,15,16,19). The van der Waals surface area contributed by atoms with Crippen molar-refractivity contribution in [2.45, 2.75) is 20.3 Å². The van der Waals surface area contributed by atoms with E-state index in [1.54, 1.807) is 25.1 Å². The van der Waals surface area contributed by atoms with E-state index in [0.717, 1.165) is 6.42 Å². The van der Waals surface area contributed by atoms with E-state index < -0.39 is 5.97 Å². The summed E-state index contributed by atoms with van der Waals surface area (Å²) in [4.78, 5) is 22.9. The Morgan fingerprint density at radius 2 is 2.11 bits per heavy atom. The predicted octanol–water partition coefficient (Wildman–Crippen LogP) is 2.47. The number of carbonyl (C=O) groups excluding carboxylic acids is 1. The minimum atomic E-state index is -1.04. The number of urea groups is 1. The van der Waals surface area contributed by atoms with Gasteiger partial charge in [0.15, 0.2) is 0 Å². The predicted molar refractivity (Wildman–Crippen MR) is 72.4 cm³/mol. The first-order chi connectivity index (χ1) is 8.99. The van der Waals surface area contributed by atoms with Crippen LogP contribution in [-0.2, 0) is 0 Å². The van der Waals surface area contributed by atoms with E-state index >= 15 is 0 Å². The summed E-state index contributed by atoms with van der Waals surface area (Å²) in [6.45, 7) is 4.49. The summed E-state index contributed by atoms with van der Waals surface area (Å²) in [6.07, 6.45) is 1.14. The van der Waals surface area contributed by atoms with Gasteiger partial charge < -0.3 is 15.7 Å². The number of aryl methyl sites for hydroxylation is 1. The van der Waals surface area contributed by atoms with Crippen molar-refractivity contribution in [3.8, 4) is 0 Å². The smallest absolute Gasteiger partial charge is 0.338 e. The summed E-state index contributed by atoms with van der Waals surface area (Å²) in [5.74, 6) is 0.195. The molecule has 2 rings (SSSR count). The molecule has 1 aliphatic carbocycles. The fraction of sp³-hybridized carbons (Fsp3) is 0.429. The van der Waals surface area contributed by atoms with Crippen LogP contribution in [0.3, 0.4) is 0 Å². The van der Waals surface area contributed by atoms with Crippen molar-refractivity contribution < 1.29 is 14.7 Å². The molecule has 0 bridgehead atoms. The third kappa shape index (κ3) is 3.24. The average molecular weight is 262 g/mol. The molecule has 1 saturated carbocycles. The number of carboxylic acid groups (broad SMARTS) is 1. The first-order valence-electron chi connectivity index (χ1n) is 6.36. The van der Waals surface area contributed by atoms with Crippen LogP contribution in [0.15, 0.2) is 18.2 Å². The Hall–Kier alpha value is -2.04. The summed E-state index contributed by atoms with van der Waals surface area (Å²) in [7, 11) is 0. The Bertz CT molecular complexity index is 513. The van der Waals surface area contributed by atoms with E-state index in [9.17, 15) is 9.59 Å². The first-order valence-corrected chi connectivity index (χ1v) is 6.36. The minimum Gasteiger partial charge on any atom is -0.478 e. The SMILES string of the molecule is Cc1cccc(NC(=O)NCC2CC2C)c1C(=O)O. The van der Waals surface area contributed by atoms with Crippen molar-refractivity contribution in [2.75, 3.05) is 11.9 Å². The fourth-order valence-electron chi connectivity index (χ4n) is 2.13. The molecule has 2 unspecified atom stereocenters. The second-order valence-corrected chi connectivity index (χ2v) is 5.11. The minimum absolute atomic E-state index is 0.137. The maximum absolute atomic E-state index is 11.7. The van der Waals surface area contributed by atoms with Crippen molar-refractivity contribution in [2.24, 2.45) is 11.8 Å². The van der Waals surface area contributed by atoms with Gasteiger partial charge in [-0.05, 0) is 36.8 Å². The van der Waals surface area contributed by atoms with Gasteiger partial charge in [0.05, 0.1) is 11.3 Å². The van der Waals surface area contributed by atoms with Crippen LogP contribution in [0.4, 0.5) is 10.5 Å². The molecule has 0 saturated heterocycles. The van der Waals surface area contributed by atoms with E-state index in [2.05, 4.69) is 17.6 Å². The van der Waals surface area contributed by atoms with Gasteiger partial charge in [0.1, 0.15) is 0 Å². The Morgan fingerprint density at radius 3 is 2.68 bits per heavy atom. The van der Waals surface area contributed by atoms with Crippen LogP contribution >= 0.6 is 0 Å². The molecule has 2 amide bonds. The molecule has 102 valence electrons. The molecule has 0 aromatic heterocycles. The van der Waals surface area contributed by atoms with Gasteiger partial charge in [-0.25, -0.2) is 9.59 Å². The molecule has 0 heterocycles. The fourth-order valence-corrected chi connectivity index (χ4v) is 2.13. The van der Waals surface area contributed by atoms with Gasteiger partial charge in [0.25, 0.3) is 0 Å². The highest BCUT2D eigenvalue weighted by Gasteiger charge is 2.32. The van der Waals surface area contributed by atoms with E-state index in [-0.39, 0.29) is 11.6 Å². The molecule has 3 N–H and O–H groups in total. The lowest BCUT2D eigenvalue weighted by Gasteiger charge is -2.11. The maximum atomic E-state index is 11.7. The lowest BCUT2D eigenvalue weighted by Crippen LogP contribution is -2.31. The van der Waals surface area contributed by atoms with Gasteiger partial charge in [-0.2, -0.15) is 0 Å². The van der Waals surface area contributed by atoms with Crippen molar-refractivity contribution in [1.82, 2.24) is 5.32 Å². The van der Waals surface area contributed by atoms with Crippen LogP contribution < -0.4 is 10.6 Å². The van der Waals surface area contributed by atoms with Gasteiger partial charge in [0, 0.05) is 6.54 Å². The summed E-state index contributed by atoms with van der Waals surface area (Å²) >= 11 is 0. The molecule has 0 radical (unpaired) electrons. The van der Waals surface area contributed by atoms with Gasteiger partial charge >= 0.3 is 12.0 Å². The number of carbonyl (C=O) groups is 2. The number of hydrogen-bond acceptors (Lipinski definition) is 2. The van der Waals surface area contributed by atoms with Crippen LogP contribution in [0, 0.1) is 18.8 Å². The first kappa shape index (κ1) is 13.4. The second-order valence-electron chi connectivity index (χ2n) is 5.11. The van der Waals surface area contributed by atoms with Crippen LogP contribution in [0.25, 0.3) is 0 Å². The normalized spacial score (nSPS) is 20.7. The highest BCUT2D eigenvalue weighted by Crippen LogP contribution is 2.36. The van der Waals surface area contributed by atoms with Gasteiger partial charge in [-0.15, -0.1) is 0 Å². The van der Waals surface area contributed by atoms with Crippen molar-refractivity contribution in [3.63, 3.8) is 0 Å². The van der Waals surface area contributed by atoms with Crippen molar-refractivity contribution in [1.29, 1.82) is 0 Å². The quantitative estimate of drug-likeness (QED) is 0.780. The number of anilines is 1. The lowest BCUT2D eigenvalue weighted by atomic mass is 10.1. The summed E-state index contributed by atoms with van der Waals surface area (Å²) in [5.41, 5.74) is 1.09. The van der Waals surface area contributed by atoms with E-state index in [1.807, 2.05) is 0 Å². The monoisotopic (exact) mass is 262 g/mol.